The molecule has 16 heavy (non-hydrogen) atoms. The minimum Gasteiger partial charge on any atom is -0.497 e. The standard InChI is InChI=1S/C15H15O/c1-16-15-9-5-8-14(12-15)11-10-13-6-3-2-4-7-13/h2-10,12H,11H2,1H3. The molecule has 0 amide bonds. The lowest BCUT2D eigenvalue weighted by molar-refractivity contribution is 0.414. The van der Waals surface area contributed by atoms with Crippen LogP contribution in [-0.2, 0) is 6.42 Å². The quantitative estimate of drug-likeness (QED) is 0.752. The first-order valence-corrected chi connectivity index (χ1v) is 5.39. The summed E-state index contributed by atoms with van der Waals surface area (Å²) < 4.78 is 5.19. The van der Waals surface area contributed by atoms with Crippen LogP contribution in [0.5, 0.6) is 5.75 Å². The van der Waals surface area contributed by atoms with Crippen LogP contribution in [0.15, 0.2) is 54.6 Å². The van der Waals surface area contributed by atoms with Gasteiger partial charge in [0.05, 0.1) is 7.11 Å². The fraction of sp³-hybridized carbons (Fsp3) is 0.133. The third-order valence-electron chi connectivity index (χ3n) is 2.51. The van der Waals surface area contributed by atoms with E-state index in [9.17, 15) is 0 Å². The van der Waals surface area contributed by atoms with E-state index < -0.39 is 0 Å². The molecule has 2 rings (SSSR count). The Morgan fingerprint density at radius 1 is 1.00 bits per heavy atom. The van der Waals surface area contributed by atoms with Gasteiger partial charge in [-0.25, -0.2) is 0 Å². The summed E-state index contributed by atoms with van der Waals surface area (Å²) in [4.78, 5) is 0. The summed E-state index contributed by atoms with van der Waals surface area (Å²) in [5.41, 5.74) is 2.52. The molecule has 0 aliphatic rings. The van der Waals surface area contributed by atoms with Crippen molar-refractivity contribution in [3.63, 3.8) is 0 Å². The van der Waals surface area contributed by atoms with Crippen molar-refractivity contribution < 1.29 is 4.74 Å². The van der Waals surface area contributed by atoms with Gasteiger partial charge in [-0.1, -0.05) is 42.5 Å². The van der Waals surface area contributed by atoms with Gasteiger partial charge in [0.25, 0.3) is 0 Å². The molecule has 81 valence electrons. The lowest BCUT2D eigenvalue weighted by Gasteiger charge is -2.04. The first kappa shape index (κ1) is 10.7. The second-order valence-corrected chi connectivity index (χ2v) is 3.67. The van der Waals surface area contributed by atoms with Gasteiger partial charge >= 0.3 is 0 Å². The van der Waals surface area contributed by atoms with Crippen molar-refractivity contribution in [3.8, 4) is 5.75 Å². The molecule has 1 radical (unpaired) electrons. The summed E-state index contributed by atoms with van der Waals surface area (Å²) in [7, 11) is 1.69. The van der Waals surface area contributed by atoms with Crippen molar-refractivity contribution in [2.24, 2.45) is 0 Å². The van der Waals surface area contributed by atoms with Crippen LogP contribution < -0.4 is 4.74 Å². The van der Waals surface area contributed by atoms with Crippen LogP contribution in [0.25, 0.3) is 0 Å². The molecule has 0 bridgehead atoms. The zero-order valence-corrected chi connectivity index (χ0v) is 9.39. The normalized spacial score (nSPS) is 10.1. The molecule has 0 spiro atoms. The van der Waals surface area contributed by atoms with Gasteiger partial charge in [0, 0.05) is 0 Å². The van der Waals surface area contributed by atoms with E-state index in [1.54, 1.807) is 7.11 Å². The molecule has 0 saturated heterocycles. The Kier molecular flexibility index (Phi) is 3.60. The lowest BCUT2D eigenvalue weighted by Crippen LogP contribution is -1.90. The van der Waals surface area contributed by atoms with E-state index in [2.05, 4.69) is 42.8 Å². The Bertz CT molecular complexity index is 434. The van der Waals surface area contributed by atoms with E-state index in [-0.39, 0.29) is 0 Å². The highest BCUT2D eigenvalue weighted by atomic mass is 16.5. The van der Waals surface area contributed by atoms with Crippen LogP contribution in [-0.4, -0.2) is 7.11 Å². The van der Waals surface area contributed by atoms with Gasteiger partial charge in [-0.05, 0) is 36.1 Å². The Labute approximate surface area is 96.7 Å². The summed E-state index contributed by atoms with van der Waals surface area (Å²) >= 11 is 0. The van der Waals surface area contributed by atoms with Crippen LogP contribution in [0.2, 0.25) is 0 Å². The van der Waals surface area contributed by atoms with Gasteiger partial charge in [0.2, 0.25) is 0 Å². The summed E-state index contributed by atoms with van der Waals surface area (Å²) in [5, 5.41) is 0. The minimum atomic E-state index is 0.916. The molecular weight excluding hydrogens is 196 g/mol. The molecule has 0 fully saturated rings. The van der Waals surface area contributed by atoms with E-state index in [0.29, 0.717) is 0 Å². The highest BCUT2D eigenvalue weighted by Gasteiger charge is 1.97. The molecule has 1 heteroatoms. The van der Waals surface area contributed by atoms with E-state index in [1.807, 2.05) is 18.2 Å². The zero-order valence-electron chi connectivity index (χ0n) is 9.39. The Hall–Kier alpha value is -1.76. The van der Waals surface area contributed by atoms with Crippen LogP contribution in [0.3, 0.4) is 0 Å². The Balaban J connectivity index is 1.99. The van der Waals surface area contributed by atoms with Gasteiger partial charge in [0.15, 0.2) is 0 Å². The smallest absolute Gasteiger partial charge is 0.119 e. The van der Waals surface area contributed by atoms with E-state index in [0.717, 1.165) is 12.2 Å². The summed E-state index contributed by atoms with van der Waals surface area (Å²) in [6, 6.07) is 18.5. The third-order valence-corrected chi connectivity index (χ3v) is 2.51. The van der Waals surface area contributed by atoms with E-state index in [1.165, 1.54) is 11.1 Å². The molecule has 0 heterocycles. The molecule has 2 aromatic rings. The molecule has 0 aromatic heterocycles. The molecule has 1 nitrogen and oxygen atoms in total. The van der Waals surface area contributed by atoms with Crippen molar-refractivity contribution in [3.05, 3.63) is 72.1 Å². The van der Waals surface area contributed by atoms with Gasteiger partial charge in [-0.3, -0.25) is 0 Å². The van der Waals surface area contributed by atoms with Crippen molar-refractivity contribution in [2.45, 2.75) is 6.42 Å². The monoisotopic (exact) mass is 211 g/mol. The lowest BCUT2D eigenvalue weighted by atomic mass is 10.0. The topological polar surface area (TPSA) is 9.23 Å². The number of rotatable bonds is 4. The first-order chi connectivity index (χ1) is 7.88. The van der Waals surface area contributed by atoms with Crippen molar-refractivity contribution in [1.29, 1.82) is 0 Å². The molecule has 0 unspecified atom stereocenters. The number of hydrogen-bond donors (Lipinski definition) is 0. The number of hydrogen-bond acceptors (Lipinski definition) is 1. The number of ether oxygens (including phenoxy) is 1. The fourth-order valence-electron chi connectivity index (χ4n) is 1.62. The minimum absolute atomic E-state index is 0.916. The van der Waals surface area contributed by atoms with Crippen molar-refractivity contribution in [1.82, 2.24) is 0 Å². The van der Waals surface area contributed by atoms with Gasteiger partial charge < -0.3 is 4.74 Å². The maximum absolute atomic E-state index is 5.19. The van der Waals surface area contributed by atoms with E-state index >= 15 is 0 Å². The van der Waals surface area contributed by atoms with E-state index in [4.69, 9.17) is 4.74 Å². The maximum atomic E-state index is 5.19. The number of methoxy groups -OCH3 is 1. The second-order valence-electron chi connectivity index (χ2n) is 3.67. The predicted octanol–water partition coefficient (Wildman–Crippen LogP) is 3.49. The van der Waals surface area contributed by atoms with Crippen LogP contribution in [0.1, 0.15) is 11.1 Å². The van der Waals surface area contributed by atoms with Gasteiger partial charge in [-0.2, -0.15) is 0 Å². The Morgan fingerprint density at radius 3 is 2.56 bits per heavy atom. The van der Waals surface area contributed by atoms with Crippen LogP contribution >= 0.6 is 0 Å². The zero-order chi connectivity index (χ0) is 11.2. The molecule has 0 aliphatic carbocycles. The van der Waals surface area contributed by atoms with Crippen LogP contribution in [0, 0.1) is 6.42 Å². The average Bonchev–Trinajstić information content (AvgIpc) is 2.38. The highest BCUT2D eigenvalue weighted by molar-refractivity contribution is 5.32. The third kappa shape index (κ3) is 2.86. The van der Waals surface area contributed by atoms with Crippen molar-refractivity contribution >= 4 is 0 Å². The molecule has 0 aliphatic heterocycles. The summed E-state index contributed by atoms with van der Waals surface area (Å²) in [6.45, 7) is 0. The predicted molar refractivity (Wildman–Crippen MR) is 66.5 cm³/mol. The Morgan fingerprint density at radius 2 is 1.81 bits per heavy atom. The van der Waals surface area contributed by atoms with Gasteiger partial charge in [0.1, 0.15) is 5.75 Å². The molecule has 0 N–H and O–H groups in total. The number of benzene rings is 2. The molecular formula is C15H15O. The molecule has 2 aromatic carbocycles. The summed E-state index contributed by atoms with van der Waals surface area (Å²) in [6.07, 6.45) is 3.15. The highest BCUT2D eigenvalue weighted by Crippen LogP contribution is 2.15. The second kappa shape index (κ2) is 5.36. The maximum Gasteiger partial charge on any atom is 0.119 e. The molecule has 0 atom stereocenters. The van der Waals surface area contributed by atoms with Crippen molar-refractivity contribution in [2.75, 3.05) is 7.11 Å². The first-order valence-electron chi connectivity index (χ1n) is 5.39. The average molecular weight is 211 g/mol. The SMILES string of the molecule is COc1cccc(C[CH]c2ccccc2)c1. The fourth-order valence-corrected chi connectivity index (χ4v) is 1.62. The van der Waals surface area contributed by atoms with Gasteiger partial charge in [-0.15, -0.1) is 0 Å². The largest absolute Gasteiger partial charge is 0.497 e. The van der Waals surface area contributed by atoms with Crippen LogP contribution in [0.4, 0.5) is 0 Å². The molecule has 0 saturated carbocycles. The summed E-state index contributed by atoms with van der Waals surface area (Å²) in [5.74, 6) is 0.916.